The van der Waals surface area contributed by atoms with Gasteiger partial charge in [0.15, 0.2) is 6.61 Å². The van der Waals surface area contributed by atoms with Gasteiger partial charge >= 0.3 is 5.97 Å². The second-order valence-electron chi connectivity index (χ2n) is 7.51. The molecule has 0 bridgehead atoms. The molecule has 0 saturated carbocycles. The van der Waals surface area contributed by atoms with E-state index in [0.29, 0.717) is 22.9 Å². The molecular formula is C22H29N3O5S. The Kier molecular flexibility index (Phi) is 7.80. The van der Waals surface area contributed by atoms with Gasteiger partial charge < -0.3 is 15.0 Å². The van der Waals surface area contributed by atoms with Gasteiger partial charge in [-0.05, 0) is 82.1 Å². The van der Waals surface area contributed by atoms with Crippen molar-refractivity contribution in [1.82, 2.24) is 0 Å². The van der Waals surface area contributed by atoms with Crippen LogP contribution in [0.15, 0.2) is 41.3 Å². The molecule has 0 fully saturated rings. The minimum atomic E-state index is -3.99. The van der Waals surface area contributed by atoms with E-state index < -0.39 is 28.5 Å². The van der Waals surface area contributed by atoms with E-state index in [0.717, 1.165) is 18.3 Å². The van der Waals surface area contributed by atoms with Gasteiger partial charge in [-0.3, -0.25) is 4.79 Å². The molecule has 0 aliphatic carbocycles. The summed E-state index contributed by atoms with van der Waals surface area (Å²) < 4.78 is 28.5. The van der Waals surface area contributed by atoms with Gasteiger partial charge in [-0.2, -0.15) is 0 Å². The van der Waals surface area contributed by atoms with Crippen molar-refractivity contribution >= 4 is 33.3 Å². The number of hydrogen-bond acceptors (Lipinski definition) is 6. The number of esters is 1. The average molecular weight is 448 g/mol. The maximum Gasteiger partial charge on any atom is 0.338 e. The van der Waals surface area contributed by atoms with E-state index in [2.05, 4.69) is 31.0 Å². The fourth-order valence-corrected chi connectivity index (χ4v) is 4.11. The van der Waals surface area contributed by atoms with Gasteiger partial charge in [0.1, 0.15) is 0 Å². The topological polar surface area (TPSA) is 119 Å². The Morgan fingerprint density at radius 1 is 1.13 bits per heavy atom. The van der Waals surface area contributed by atoms with Gasteiger partial charge in [0, 0.05) is 24.0 Å². The lowest BCUT2D eigenvalue weighted by atomic mass is 10.1. The molecular weight excluding hydrogens is 418 g/mol. The number of hydrogen-bond donors (Lipinski definition) is 2. The highest BCUT2D eigenvalue weighted by molar-refractivity contribution is 7.89. The highest BCUT2D eigenvalue weighted by Gasteiger charge is 2.19. The van der Waals surface area contributed by atoms with E-state index >= 15 is 0 Å². The standard InChI is InChI=1S/C22H29N3O5S/c1-6-25(14(2)3)19-9-7-18(8-10-19)24-21(26)13-30-22(27)17-11-15(4)16(5)20(12-17)31(23,28)29/h7-12,14H,6,13H2,1-5H3,(H,24,26)(H2,23,28,29). The molecule has 0 radical (unpaired) electrons. The van der Waals surface area contributed by atoms with Crippen molar-refractivity contribution in [3.8, 4) is 0 Å². The van der Waals surface area contributed by atoms with Crippen LogP contribution in [0.2, 0.25) is 0 Å². The van der Waals surface area contributed by atoms with E-state index in [-0.39, 0.29) is 10.5 Å². The zero-order chi connectivity index (χ0) is 23.3. The summed E-state index contributed by atoms with van der Waals surface area (Å²) in [5.41, 5.74) is 2.66. The Labute approximate surface area is 183 Å². The second kappa shape index (κ2) is 9.93. The Hall–Kier alpha value is -2.91. The monoisotopic (exact) mass is 447 g/mol. The largest absolute Gasteiger partial charge is 0.452 e. The summed E-state index contributed by atoms with van der Waals surface area (Å²) in [6.07, 6.45) is 0. The quantitative estimate of drug-likeness (QED) is 0.601. The van der Waals surface area contributed by atoms with Crippen LogP contribution < -0.4 is 15.4 Å². The first-order valence-corrected chi connectivity index (χ1v) is 11.5. The van der Waals surface area contributed by atoms with Crippen LogP contribution in [0.4, 0.5) is 11.4 Å². The van der Waals surface area contributed by atoms with Gasteiger partial charge in [-0.25, -0.2) is 18.4 Å². The van der Waals surface area contributed by atoms with Crippen LogP contribution in [0.5, 0.6) is 0 Å². The minimum Gasteiger partial charge on any atom is -0.452 e. The van der Waals surface area contributed by atoms with Gasteiger partial charge in [0.05, 0.1) is 10.5 Å². The number of carbonyl (C=O) groups excluding carboxylic acids is 2. The molecule has 0 aromatic heterocycles. The smallest absolute Gasteiger partial charge is 0.338 e. The Morgan fingerprint density at radius 3 is 2.26 bits per heavy atom. The number of carbonyl (C=O) groups is 2. The number of benzene rings is 2. The molecule has 8 nitrogen and oxygen atoms in total. The van der Waals surface area contributed by atoms with E-state index in [1.54, 1.807) is 26.0 Å². The van der Waals surface area contributed by atoms with Crippen molar-refractivity contribution in [2.75, 3.05) is 23.4 Å². The predicted octanol–water partition coefficient (Wildman–Crippen LogP) is 2.98. The summed E-state index contributed by atoms with van der Waals surface area (Å²) in [5, 5.41) is 7.88. The van der Waals surface area contributed by atoms with Gasteiger partial charge in [0.2, 0.25) is 10.0 Å². The first-order chi connectivity index (χ1) is 14.4. The summed E-state index contributed by atoms with van der Waals surface area (Å²) in [6.45, 7) is 9.91. The number of nitrogens with one attached hydrogen (secondary N) is 1. The van der Waals surface area contributed by atoms with Crippen molar-refractivity contribution in [3.05, 3.63) is 53.1 Å². The number of ether oxygens (including phenoxy) is 1. The molecule has 0 atom stereocenters. The molecule has 0 aliphatic rings. The predicted molar refractivity (Wildman–Crippen MR) is 121 cm³/mol. The lowest BCUT2D eigenvalue weighted by molar-refractivity contribution is -0.119. The molecule has 0 unspecified atom stereocenters. The van der Waals surface area contributed by atoms with Crippen LogP contribution in [-0.2, 0) is 19.6 Å². The SMILES string of the molecule is CCN(c1ccc(NC(=O)COC(=O)c2cc(C)c(C)c(S(N)(=O)=O)c2)cc1)C(C)C. The molecule has 2 rings (SSSR count). The molecule has 0 spiro atoms. The Bertz CT molecular complexity index is 1060. The highest BCUT2D eigenvalue weighted by atomic mass is 32.2. The Morgan fingerprint density at radius 2 is 1.74 bits per heavy atom. The van der Waals surface area contributed by atoms with E-state index in [9.17, 15) is 18.0 Å². The molecule has 1 amide bonds. The number of nitrogens with two attached hydrogens (primary N) is 1. The van der Waals surface area contributed by atoms with E-state index in [1.807, 2.05) is 12.1 Å². The summed E-state index contributed by atoms with van der Waals surface area (Å²) in [4.78, 5) is 26.5. The molecule has 0 heterocycles. The van der Waals surface area contributed by atoms with Gasteiger partial charge in [-0.1, -0.05) is 0 Å². The number of aryl methyl sites for hydroxylation is 1. The van der Waals surface area contributed by atoms with Crippen molar-refractivity contribution in [2.24, 2.45) is 5.14 Å². The number of primary sulfonamides is 1. The number of rotatable bonds is 8. The average Bonchev–Trinajstić information content (AvgIpc) is 2.68. The normalized spacial score (nSPS) is 11.3. The molecule has 2 aromatic carbocycles. The summed E-state index contributed by atoms with van der Waals surface area (Å²) in [5.74, 6) is -1.32. The number of amides is 1. The molecule has 2 aromatic rings. The zero-order valence-electron chi connectivity index (χ0n) is 18.4. The molecule has 0 aliphatic heterocycles. The number of anilines is 2. The van der Waals surface area contributed by atoms with Crippen LogP contribution in [0, 0.1) is 13.8 Å². The van der Waals surface area contributed by atoms with Crippen LogP contribution >= 0.6 is 0 Å². The number of nitrogens with zero attached hydrogens (tertiary/aromatic N) is 1. The summed E-state index contributed by atoms with van der Waals surface area (Å²) >= 11 is 0. The van der Waals surface area contributed by atoms with Crippen molar-refractivity contribution < 1.29 is 22.7 Å². The maximum absolute atomic E-state index is 12.3. The lowest BCUT2D eigenvalue weighted by Gasteiger charge is -2.27. The number of sulfonamides is 1. The van der Waals surface area contributed by atoms with E-state index in [4.69, 9.17) is 9.88 Å². The van der Waals surface area contributed by atoms with Crippen LogP contribution in [0.3, 0.4) is 0 Å². The first-order valence-electron chi connectivity index (χ1n) is 9.91. The fourth-order valence-electron chi connectivity index (χ4n) is 3.23. The van der Waals surface area contributed by atoms with Crippen molar-refractivity contribution in [3.63, 3.8) is 0 Å². The minimum absolute atomic E-state index is 0.0117. The molecule has 168 valence electrons. The molecule has 9 heteroatoms. The van der Waals surface area contributed by atoms with Crippen LogP contribution in [-0.4, -0.2) is 39.5 Å². The highest BCUT2D eigenvalue weighted by Crippen LogP contribution is 2.21. The lowest BCUT2D eigenvalue weighted by Crippen LogP contribution is -2.30. The van der Waals surface area contributed by atoms with Gasteiger partial charge in [0.25, 0.3) is 5.91 Å². The van der Waals surface area contributed by atoms with Crippen LogP contribution in [0.25, 0.3) is 0 Å². The third-order valence-electron chi connectivity index (χ3n) is 4.94. The summed E-state index contributed by atoms with van der Waals surface area (Å²) in [7, 11) is -3.99. The third kappa shape index (κ3) is 6.28. The van der Waals surface area contributed by atoms with E-state index in [1.165, 1.54) is 6.07 Å². The van der Waals surface area contributed by atoms with Crippen molar-refractivity contribution in [1.29, 1.82) is 0 Å². The first kappa shape index (κ1) is 24.4. The maximum atomic E-state index is 12.3. The molecule has 0 saturated heterocycles. The molecule has 31 heavy (non-hydrogen) atoms. The van der Waals surface area contributed by atoms with Crippen molar-refractivity contribution in [2.45, 2.75) is 45.6 Å². The second-order valence-corrected chi connectivity index (χ2v) is 9.04. The fraction of sp³-hybridized carbons (Fsp3) is 0.364. The summed E-state index contributed by atoms with van der Waals surface area (Å²) in [6, 6.07) is 10.4. The Balaban J connectivity index is 2.02. The zero-order valence-corrected chi connectivity index (χ0v) is 19.2. The third-order valence-corrected chi connectivity index (χ3v) is 5.98. The molecule has 3 N–H and O–H groups in total. The van der Waals surface area contributed by atoms with Crippen LogP contribution in [0.1, 0.15) is 42.3 Å². The van der Waals surface area contributed by atoms with Gasteiger partial charge in [-0.15, -0.1) is 0 Å².